The Morgan fingerprint density at radius 1 is 1.27 bits per heavy atom. The maximum atomic E-state index is 14.8. The molecule has 2 aromatic carbocycles. The van der Waals surface area contributed by atoms with E-state index in [1.807, 2.05) is 0 Å². The predicted molar refractivity (Wildman–Crippen MR) is 128 cm³/mol. The van der Waals surface area contributed by atoms with E-state index in [-0.39, 0.29) is 61.6 Å². The van der Waals surface area contributed by atoms with Crippen LogP contribution >= 0.6 is 51.7 Å². The minimum absolute atomic E-state index is 0. The lowest BCUT2D eigenvalue weighted by Gasteiger charge is -2.14. The van der Waals surface area contributed by atoms with Crippen LogP contribution in [0.15, 0.2) is 35.1 Å². The summed E-state index contributed by atoms with van der Waals surface area (Å²) in [5.41, 5.74) is 0.222. The lowest BCUT2D eigenvalue weighted by Crippen LogP contribution is -2.28. The minimum atomic E-state index is -3.90. The van der Waals surface area contributed by atoms with Gasteiger partial charge in [-0.25, -0.2) is 17.7 Å². The lowest BCUT2D eigenvalue weighted by atomic mass is 10.2. The first-order chi connectivity index (χ1) is 13.6. The normalized spacial score (nSPS) is 11.6. The van der Waals surface area contributed by atoms with Crippen LogP contribution in [0.3, 0.4) is 0 Å². The average Bonchev–Trinajstić information content (AvgIpc) is 3.10. The Hall–Kier alpha value is -1.29. The van der Waals surface area contributed by atoms with Crippen molar-refractivity contribution >= 4 is 78.0 Å². The molecule has 162 valence electrons. The number of imidazole rings is 1. The van der Waals surface area contributed by atoms with E-state index in [0.717, 1.165) is 38.5 Å². The molecule has 0 saturated carbocycles. The van der Waals surface area contributed by atoms with Crippen molar-refractivity contribution in [3.8, 4) is 11.5 Å². The summed E-state index contributed by atoms with van der Waals surface area (Å²) in [6.45, 7) is 0. The largest absolute Gasteiger partial charge is 0.453 e. The number of benzene rings is 2. The van der Waals surface area contributed by atoms with Crippen molar-refractivity contribution in [3.05, 3.63) is 52.3 Å². The summed E-state index contributed by atoms with van der Waals surface area (Å²) < 4.78 is 61.0. The van der Waals surface area contributed by atoms with Crippen LogP contribution in [0.5, 0.6) is 11.5 Å². The molecule has 0 aliphatic carbocycles. The molecule has 1 N–H and O–H groups in total. The topological polar surface area (TPSA) is 88.3 Å². The fraction of sp³-hybridized carbons (Fsp3) is 0.176. The molecule has 1 aromatic heterocycles. The van der Waals surface area contributed by atoms with Gasteiger partial charge in [0, 0.05) is 25.7 Å². The molecule has 0 atom stereocenters. The van der Waals surface area contributed by atoms with Crippen LogP contribution in [0.25, 0.3) is 11.0 Å². The van der Waals surface area contributed by atoms with Crippen molar-refractivity contribution in [1.82, 2.24) is 13.3 Å². The van der Waals surface area contributed by atoms with Gasteiger partial charge in [-0.3, -0.25) is 5.41 Å². The molecule has 3 aromatic rings. The molecular weight excluding hydrogens is 617 g/mol. The van der Waals surface area contributed by atoms with E-state index in [1.165, 1.54) is 26.2 Å². The summed E-state index contributed by atoms with van der Waals surface area (Å²) in [4.78, 5) is 4.05. The summed E-state index contributed by atoms with van der Waals surface area (Å²) in [6.07, 6.45) is 2.71. The zero-order valence-electron chi connectivity index (χ0n) is 15.8. The van der Waals surface area contributed by atoms with E-state index in [4.69, 9.17) is 10.1 Å². The second-order valence-corrected chi connectivity index (χ2v) is 9.61. The summed E-state index contributed by atoms with van der Waals surface area (Å²) in [5.74, 6) is -1.57. The third-order valence-electron chi connectivity index (χ3n) is 3.98. The van der Waals surface area contributed by atoms with E-state index >= 15 is 0 Å². The highest BCUT2D eigenvalue weighted by atomic mass is 127. The van der Waals surface area contributed by atoms with Crippen LogP contribution in [0.1, 0.15) is 5.56 Å². The first-order valence-corrected chi connectivity index (χ1v) is 11.4. The van der Waals surface area contributed by atoms with E-state index in [1.54, 1.807) is 6.26 Å². The van der Waals surface area contributed by atoms with Crippen LogP contribution in [0.4, 0.5) is 8.78 Å². The number of thioether (sulfide) groups is 1. The van der Waals surface area contributed by atoms with E-state index in [0.29, 0.717) is 0 Å². The Kier molecular flexibility index (Phi) is 7.88. The van der Waals surface area contributed by atoms with Gasteiger partial charge in [-0.1, -0.05) is 0 Å². The highest BCUT2D eigenvalue weighted by Gasteiger charge is 2.24. The minimum Gasteiger partial charge on any atom is -0.453 e. The Balaban J connectivity index is 0.00000320. The lowest BCUT2D eigenvalue weighted by molar-refractivity contribution is 0.439. The first kappa shape index (κ1) is 25.0. The van der Waals surface area contributed by atoms with Crippen molar-refractivity contribution in [2.45, 2.75) is 0 Å². The highest BCUT2D eigenvalue weighted by Crippen LogP contribution is 2.38. The quantitative estimate of drug-likeness (QED) is 0.247. The summed E-state index contributed by atoms with van der Waals surface area (Å²) >= 11 is 4.27. The average molecular weight is 633 g/mol. The van der Waals surface area contributed by atoms with E-state index < -0.39 is 21.8 Å². The Labute approximate surface area is 201 Å². The smallest absolute Gasteiger partial charge is 0.308 e. The molecule has 0 unspecified atom stereocenters. The van der Waals surface area contributed by atoms with Gasteiger partial charge in [0.2, 0.25) is 0 Å². The van der Waals surface area contributed by atoms with Gasteiger partial charge in [-0.05, 0) is 40.4 Å². The molecule has 0 spiro atoms. The summed E-state index contributed by atoms with van der Waals surface area (Å²) in [6, 6.07) is 4.72. The number of halogens is 4. The van der Waals surface area contributed by atoms with Gasteiger partial charge in [0.25, 0.3) is 0 Å². The standard InChI is InChI=1S/C17H15BrF2N4O3S2.HI/c1-23(2)29(25,26)24-8-22-15-13(24)7-12(20)16(14(15)18)27-9-4-5-11(19)10(6-9)17(21)28-3;/h4-8,21H,1-3H3;1H. The fourth-order valence-electron chi connectivity index (χ4n) is 2.46. The van der Waals surface area contributed by atoms with Gasteiger partial charge in [-0.15, -0.1) is 35.7 Å². The first-order valence-electron chi connectivity index (χ1n) is 7.96. The zero-order chi connectivity index (χ0) is 21.5. The van der Waals surface area contributed by atoms with Crippen molar-refractivity contribution < 1.29 is 21.9 Å². The van der Waals surface area contributed by atoms with Gasteiger partial charge < -0.3 is 4.74 Å². The highest BCUT2D eigenvalue weighted by molar-refractivity contribution is 14.0. The van der Waals surface area contributed by atoms with Crippen LogP contribution < -0.4 is 4.74 Å². The molecule has 1 heterocycles. The van der Waals surface area contributed by atoms with E-state index in [2.05, 4.69) is 20.9 Å². The number of hydrogen-bond donors (Lipinski definition) is 1. The summed E-state index contributed by atoms with van der Waals surface area (Å²) in [5, 5.41) is 7.79. The third kappa shape index (κ3) is 4.49. The maximum Gasteiger partial charge on any atom is 0.308 e. The Morgan fingerprint density at radius 2 is 1.93 bits per heavy atom. The number of hydrogen-bond acceptors (Lipinski definition) is 6. The fourth-order valence-corrected chi connectivity index (χ4v) is 4.32. The molecular formula is C17H16BrF2IN4O3S2. The molecule has 0 aliphatic heterocycles. The second kappa shape index (κ2) is 9.46. The summed E-state index contributed by atoms with van der Waals surface area (Å²) in [7, 11) is -1.20. The Bertz CT molecular complexity index is 1240. The molecule has 0 radical (unpaired) electrons. The zero-order valence-corrected chi connectivity index (χ0v) is 21.4. The monoisotopic (exact) mass is 632 g/mol. The molecule has 0 saturated heterocycles. The number of fused-ring (bicyclic) bond motifs is 1. The molecule has 0 amide bonds. The number of rotatable bonds is 5. The SMILES string of the molecule is CSC(=N)c1cc(Oc2c(F)cc3c(ncn3S(=O)(=O)N(C)C)c2Br)ccc1F.I. The van der Waals surface area contributed by atoms with Crippen molar-refractivity contribution in [2.24, 2.45) is 0 Å². The molecule has 0 fully saturated rings. The van der Waals surface area contributed by atoms with Crippen molar-refractivity contribution in [2.75, 3.05) is 20.4 Å². The van der Waals surface area contributed by atoms with Gasteiger partial charge in [0.1, 0.15) is 23.4 Å². The number of ether oxygens (including phenoxy) is 1. The van der Waals surface area contributed by atoms with Crippen LogP contribution in [0.2, 0.25) is 0 Å². The van der Waals surface area contributed by atoms with Gasteiger partial charge >= 0.3 is 10.2 Å². The number of aromatic nitrogens is 2. The molecule has 30 heavy (non-hydrogen) atoms. The molecule has 13 heteroatoms. The van der Waals surface area contributed by atoms with Crippen LogP contribution in [-0.2, 0) is 10.2 Å². The van der Waals surface area contributed by atoms with Gasteiger partial charge in [-0.2, -0.15) is 12.7 Å². The third-order valence-corrected chi connectivity index (χ3v) is 7.05. The molecule has 0 aliphatic rings. The maximum absolute atomic E-state index is 14.8. The molecule has 7 nitrogen and oxygen atoms in total. The van der Waals surface area contributed by atoms with Gasteiger partial charge in [0.05, 0.1) is 15.0 Å². The number of nitrogens with one attached hydrogen (secondary N) is 1. The number of nitrogens with zero attached hydrogens (tertiary/aromatic N) is 3. The molecule has 3 rings (SSSR count). The van der Waals surface area contributed by atoms with Crippen LogP contribution in [0, 0.1) is 17.0 Å². The van der Waals surface area contributed by atoms with Gasteiger partial charge in [0.15, 0.2) is 11.6 Å². The van der Waals surface area contributed by atoms with Crippen molar-refractivity contribution in [1.29, 1.82) is 5.41 Å². The second-order valence-electron chi connectivity index (χ2n) is 5.98. The van der Waals surface area contributed by atoms with Crippen molar-refractivity contribution in [3.63, 3.8) is 0 Å². The van der Waals surface area contributed by atoms with E-state index in [9.17, 15) is 17.2 Å². The Morgan fingerprint density at radius 3 is 2.53 bits per heavy atom. The van der Waals surface area contributed by atoms with Crippen LogP contribution in [-0.4, -0.2) is 47.1 Å². The predicted octanol–water partition coefficient (Wildman–Crippen LogP) is 4.83. The molecule has 0 bridgehead atoms.